The van der Waals surface area contributed by atoms with Gasteiger partial charge in [-0.05, 0) is 6.92 Å². The lowest BCUT2D eigenvalue weighted by atomic mass is 10.2. The SMILES string of the molecule is Cc1nn(C)c(NCc2cncs2)c1C(=O)O. The summed E-state index contributed by atoms with van der Waals surface area (Å²) in [5.41, 5.74) is 2.47. The van der Waals surface area contributed by atoms with Gasteiger partial charge < -0.3 is 10.4 Å². The van der Waals surface area contributed by atoms with Gasteiger partial charge in [0.1, 0.15) is 11.4 Å². The van der Waals surface area contributed by atoms with Crippen molar-refractivity contribution in [2.75, 3.05) is 5.32 Å². The molecule has 0 saturated heterocycles. The van der Waals surface area contributed by atoms with Gasteiger partial charge in [0.05, 0.1) is 17.7 Å². The summed E-state index contributed by atoms with van der Waals surface area (Å²) in [5, 5.41) is 16.3. The molecule has 2 rings (SSSR count). The Bertz CT molecular complexity index is 533. The highest BCUT2D eigenvalue weighted by Crippen LogP contribution is 2.19. The number of aromatic carboxylic acids is 1. The first-order chi connectivity index (χ1) is 8.09. The second kappa shape index (κ2) is 4.54. The van der Waals surface area contributed by atoms with Crippen molar-refractivity contribution < 1.29 is 9.90 Å². The number of anilines is 1. The smallest absolute Gasteiger partial charge is 0.341 e. The van der Waals surface area contributed by atoms with Crippen LogP contribution < -0.4 is 5.32 Å². The van der Waals surface area contributed by atoms with Crippen molar-refractivity contribution in [3.8, 4) is 0 Å². The molecule has 0 fully saturated rings. The monoisotopic (exact) mass is 252 g/mol. The number of hydrogen-bond donors (Lipinski definition) is 2. The molecule has 0 atom stereocenters. The molecule has 2 aromatic rings. The molecule has 0 saturated carbocycles. The molecule has 0 amide bonds. The van der Waals surface area contributed by atoms with Crippen molar-refractivity contribution in [3.63, 3.8) is 0 Å². The van der Waals surface area contributed by atoms with Crippen LogP contribution in [0.25, 0.3) is 0 Å². The Balaban J connectivity index is 2.23. The second-order valence-electron chi connectivity index (χ2n) is 3.56. The van der Waals surface area contributed by atoms with Gasteiger partial charge in [0, 0.05) is 18.1 Å². The highest BCUT2D eigenvalue weighted by Gasteiger charge is 2.19. The maximum Gasteiger partial charge on any atom is 0.341 e. The molecule has 2 aromatic heterocycles. The van der Waals surface area contributed by atoms with E-state index in [2.05, 4.69) is 15.4 Å². The molecule has 2 heterocycles. The van der Waals surface area contributed by atoms with Crippen LogP contribution >= 0.6 is 11.3 Å². The Morgan fingerprint density at radius 3 is 3.00 bits per heavy atom. The highest BCUT2D eigenvalue weighted by atomic mass is 32.1. The van der Waals surface area contributed by atoms with Gasteiger partial charge in [-0.1, -0.05) is 0 Å². The van der Waals surface area contributed by atoms with Gasteiger partial charge in [-0.3, -0.25) is 9.67 Å². The topological polar surface area (TPSA) is 80.0 Å². The molecule has 0 aromatic carbocycles. The molecule has 6 nitrogen and oxygen atoms in total. The molecule has 0 aliphatic rings. The van der Waals surface area contributed by atoms with E-state index in [4.69, 9.17) is 5.11 Å². The number of nitrogens with one attached hydrogen (secondary N) is 1. The van der Waals surface area contributed by atoms with Crippen molar-refractivity contribution in [2.45, 2.75) is 13.5 Å². The summed E-state index contributed by atoms with van der Waals surface area (Å²) >= 11 is 1.52. The van der Waals surface area contributed by atoms with Gasteiger partial charge in [-0.25, -0.2) is 4.79 Å². The van der Waals surface area contributed by atoms with Gasteiger partial charge in [-0.15, -0.1) is 11.3 Å². The lowest BCUT2D eigenvalue weighted by Gasteiger charge is -2.06. The van der Waals surface area contributed by atoms with E-state index in [1.165, 1.54) is 11.3 Å². The predicted octanol–water partition coefficient (Wildman–Crippen LogP) is 1.50. The molecule has 0 radical (unpaired) electrons. The fraction of sp³-hybridized carbons (Fsp3) is 0.300. The summed E-state index contributed by atoms with van der Waals surface area (Å²) in [4.78, 5) is 16.1. The summed E-state index contributed by atoms with van der Waals surface area (Å²) in [7, 11) is 1.72. The lowest BCUT2D eigenvalue weighted by Crippen LogP contribution is -2.08. The van der Waals surface area contributed by atoms with E-state index in [1.807, 2.05) is 0 Å². The normalized spacial score (nSPS) is 10.5. The predicted molar refractivity (Wildman–Crippen MR) is 64.3 cm³/mol. The van der Waals surface area contributed by atoms with Gasteiger partial charge in [0.2, 0.25) is 0 Å². The molecule has 0 unspecified atom stereocenters. The number of hydrogen-bond acceptors (Lipinski definition) is 5. The van der Waals surface area contributed by atoms with E-state index in [9.17, 15) is 4.79 Å². The quantitative estimate of drug-likeness (QED) is 0.861. The van der Waals surface area contributed by atoms with Crippen LogP contribution in [0.5, 0.6) is 0 Å². The van der Waals surface area contributed by atoms with E-state index in [1.54, 1.807) is 30.4 Å². The maximum absolute atomic E-state index is 11.1. The fourth-order valence-electron chi connectivity index (χ4n) is 1.62. The van der Waals surface area contributed by atoms with Crippen LogP contribution in [0, 0.1) is 6.92 Å². The minimum atomic E-state index is -0.970. The second-order valence-corrected chi connectivity index (χ2v) is 4.53. The van der Waals surface area contributed by atoms with Crippen molar-refractivity contribution in [1.82, 2.24) is 14.8 Å². The molecular weight excluding hydrogens is 240 g/mol. The largest absolute Gasteiger partial charge is 0.477 e. The third-order valence-corrected chi connectivity index (χ3v) is 3.13. The number of rotatable bonds is 4. The van der Waals surface area contributed by atoms with Crippen LogP contribution in [-0.2, 0) is 13.6 Å². The Morgan fingerprint density at radius 2 is 2.41 bits per heavy atom. The van der Waals surface area contributed by atoms with Crippen molar-refractivity contribution in [2.24, 2.45) is 7.05 Å². The number of carbonyl (C=O) groups is 1. The number of nitrogens with zero attached hydrogens (tertiary/aromatic N) is 3. The molecule has 0 bridgehead atoms. The first kappa shape index (κ1) is 11.6. The Labute approximate surface area is 102 Å². The van der Waals surface area contributed by atoms with Crippen LogP contribution in [-0.4, -0.2) is 25.8 Å². The first-order valence-electron chi connectivity index (χ1n) is 4.97. The highest BCUT2D eigenvalue weighted by molar-refractivity contribution is 7.09. The first-order valence-corrected chi connectivity index (χ1v) is 5.85. The summed E-state index contributed by atoms with van der Waals surface area (Å²) in [6.45, 7) is 2.23. The minimum Gasteiger partial charge on any atom is -0.477 e. The molecule has 17 heavy (non-hydrogen) atoms. The summed E-state index contributed by atoms with van der Waals surface area (Å²) in [6.07, 6.45) is 1.75. The zero-order chi connectivity index (χ0) is 12.4. The number of carboxylic acid groups (broad SMARTS) is 1. The Kier molecular flexibility index (Phi) is 3.10. The maximum atomic E-state index is 11.1. The van der Waals surface area contributed by atoms with E-state index < -0.39 is 5.97 Å². The molecule has 2 N–H and O–H groups in total. The van der Waals surface area contributed by atoms with Gasteiger partial charge >= 0.3 is 5.97 Å². The van der Waals surface area contributed by atoms with Gasteiger partial charge in [0.25, 0.3) is 0 Å². The Hall–Kier alpha value is -1.89. The van der Waals surface area contributed by atoms with Crippen LogP contribution in [0.3, 0.4) is 0 Å². The number of carboxylic acids is 1. The zero-order valence-electron chi connectivity index (χ0n) is 9.47. The van der Waals surface area contributed by atoms with Crippen LogP contribution in [0.15, 0.2) is 11.7 Å². The summed E-state index contributed by atoms with van der Waals surface area (Å²) in [5.74, 6) is -0.453. The lowest BCUT2D eigenvalue weighted by molar-refractivity contribution is 0.0697. The van der Waals surface area contributed by atoms with Crippen molar-refractivity contribution in [1.29, 1.82) is 0 Å². The Morgan fingerprint density at radius 1 is 1.65 bits per heavy atom. The molecule has 7 heteroatoms. The number of thiazole rings is 1. The van der Waals surface area contributed by atoms with E-state index in [-0.39, 0.29) is 5.56 Å². The molecule has 0 aliphatic heterocycles. The summed E-state index contributed by atoms with van der Waals surface area (Å²) < 4.78 is 1.54. The van der Waals surface area contributed by atoms with Crippen molar-refractivity contribution in [3.05, 3.63) is 27.8 Å². The van der Waals surface area contributed by atoms with Gasteiger partial charge in [-0.2, -0.15) is 5.10 Å². The van der Waals surface area contributed by atoms with Crippen LogP contribution in [0.2, 0.25) is 0 Å². The van der Waals surface area contributed by atoms with Crippen LogP contribution in [0.1, 0.15) is 20.9 Å². The van der Waals surface area contributed by atoms with E-state index >= 15 is 0 Å². The van der Waals surface area contributed by atoms with Crippen molar-refractivity contribution >= 4 is 23.1 Å². The molecule has 0 aliphatic carbocycles. The zero-order valence-corrected chi connectivity index (χ0v) is 10.3. The fourth-order valence-corrected chi connectivity index (χ4v) is 2.15. The van der Waals surface area contributed by atoms with E-state index in [0.717, 1.165) is 4.88 Å². The molecular formula is C10H12N4O2S. The van der Waals surface area contributed by atoms with E-state index in [0.29, 0.717) is 18.1 Å². The van der Waals surface area contributed by atoms with Gasteiger partial charge in [0.15, 0.2) is 0 Å². The average molecular weight is 252 g/mol. The number of aryl methyl sites for hydroxylation is 2. The molecule has 0 spiro atoms. The molecule has 90 valence electrons. The third-order valence-electron chi connectivity index (χ3n) is 2.35. The third kappa shape index (κ3) is 2.28. The number of aromatic nitrogens is 3. The van der Waals surface area contributed by atoms with Crippen LogP contribution in [0.4, 0.5) is 5.82 Å². The summed E-state index contributed by atoms with van der Waals surface area (Å²) in [6, 6.07) is 0. The standard InChI is InChI=1S/C10H12N4O2S/c1-6-8(10(15)16)9(14(2)13-6)12-4-7-3-11-5-17-7/h3,5,12H,4H2,1-2H3,(H,15,16). The average Bonchev–Trinajstić information content (AvgIpc) is 2.83. The minimum absolute atomic E-state index is 0.219.